The van der Waals surface area contributed by atoms with Gasteiger partial charge in [0.2, 0.25) is 17.0 Å². The molecule has 0 unspecified atom stereocenters. The van der Waals surface area contributed by atoms with Gasteiger partial charge in [-0.3, -0.25) is 14.8 Å². The fourth-order valence-electron chi connectivity index (χ4n) is 6.08. The van der Waals surface area contributed by atoms with Gasteiger partial charge in [-0.15, -0.1) is 5.10 Å². The van der Waals surface area contributed by atoms with Crippen molar-refractivity contribution in [2.75, 3.05) is 5.75 Å². The summed E-state index contributed by atoms with van der Waals surface area (Å²) in [6.45, 7) is 0.341. The lowest BCUT2D eigenvalue weighted by atomic mass is 9.97. The molecule has 0 radical (unpaired) electrons. The van der Waals surface area contributed by atoms with Crippen LogP contribution < -0.4 is 10.8 Å². The molecule has 276 valence electrons. The SMILES string of the molecule is O=C(CCCCCC(=O)NCc1ccccc1-c1ccc([C@H]2O[C@@H](CSc3nnnn3-c3ccc(O)cc3)C[C@@H](c3ccc(CO)cc3)O2)cc1)NO. The van der Waals surface area contributed by atoms with E-state index in [0.29, 0.717) is 43.1 Å². The van der Waals surface area contributed by atoms with Crippen molar-refractivity contribution >= 4 is 23.6 Å². The summed E-state index contributed by atoms with van der Waals surface area (Å²) >= 11 is 1.47. The predicted octanol–water partition coefficient (Wildman–Crippen LogP) is 5.94. The fraction of sp³-hybridized carbons (Fsp3) is 0.308. The van der Waals surface area contributed by atoms with Crippen LogP contribution in [0, 0.1) is 0 Å². The molecule has 1 aliphatic rings. The lowest BCUT2D eigenvalue weighted by Gasteiger charge is -2.36. The number of carbonyl (C=O) groups excluding carboxylic acids is 2. The Bertz CT molecular complexity index is 1940. The number of aliphatic hydroxyl groups is 1. The first-order valence-electron chi connectivity index (χ1n) is 17.5. The van der Waals surface area contributed by atoms with E-state index in [2.05, 4.69) is 20.8 Å². The van der Waals surface area contributed by atoms with Crippen molar-refractivity contribution in [2.45, 2.75) is 75.3 Å². The zero-order valence-electron chi connectivity index (χ0n) is 29.0. The number of nitrogens with zero attached hydrogens (tertiary/aromatic N) is 4. The van der Waals surface area contributed by atoms with Gasteiger partial charge in [0.25, 0.3) is 0 Å². The van der Waals surface area contributed by atoms with E-state index in [-0.39, 0.29) is 36.9 Å². The van der Waals surface area contributed by atoms with Crippen LogP contribution >= 0.6 is 11.8 Å². The van der Waals surface area contributed by atoms with E-state index in [1.54, 1.807) is 34.4 Å². The largest absolute Gasteiger partial charge is 0.508 e. The van der Waals surface area contributed by atoms with Gasteiger partial charge in [0.1, 0.15) is 5.75 Å². The number of amides is 2. The Morgan fingerprint density at radius 3 is 2.30 bits per heavy atom. The highest BCUT2D eigenvalue weighted by Crippen LogP contribution is 2.40. The highest BCUT2D eigenvalue weighted by atomic mass is 32.2. The minimum Gasteiger partial charge on any atom is -0.508 e. The Hall–Kier alpha value is -5.12. The van der Waals surface area contributed by atoms with Gasteiger partial charge in [0, 0.05) is 37.1 Å². The second-order valence-corrected chi connectivity index (χ2v) is 13.7. The van der Waals surface area contributed by atoms with Crippen LogP contribution in [0.5, 0.6) is 5.75 Å². The average Bonchev–Trinajstić information content (AvgIpc) is 3.68. The van der Waals surface area contributed by atoms with Crippen molar-refractivity contribution in [3.63, 3.8) is 0 Å². The minimum absolute atomic E-state index is 0.0382. The fourth-order valence-corrected chi connectivity index (χ4v) is 6.98. The molecule has 1 aromatic heterocycles. The number of aliphatic hydroxyl groups excluding tert-OH is 1. The number of hydrogen-bond acceptors (Lipinski definition) is 11. The Morgan fingerprint density at radius 2 is 1.57 bits per heavy atom. The molecule has 2 amide bonds. The van der Waals surface area contributed by atoms with Gasteiger partial charge in [-0.25, -0.2) is 5.48 Å². The highest BCUT2D eigenvalue weighted by molar-refractivity contribution is 7.99. The number of phenolic OH excluding ortho intramolecular Hbond substituents is 1. The third kappa shape index (κ3) is 10.3. The van der Waals surface area contributed by atoms with Gasteiger partial charge < -0.3 is 25.0 Å². The van der Waals surface area contributed by atoms with Crippen LogP contribution in [0.25, 0.3) is 16.8 Å². The number of hydroxylamine groups is 1. The number of carbonyl (C=O) groups is 2. The van der Waals surface area contributed by atoms with Crippen LogP contribution in [0.2, 0.25) is 0 Å². The third-order valence-corrected chi connectivity index (χ3v) is 10.0. The molecule has 0 aliphatic carbocycles. The van der Waals surface area contributed by atoms with Crippen LogP contribution in [-0.4, -0.2) is 59.3 Å². The Balaban J connectivity index is 1.12. The number of nitrogens with one attached hydrogen (secondary N) is 2. The van der Waals surface area contributed by atoms with Gasteiger partial charge in [0.05, 0.1) is 24.5 Å². The maximum Gasteiger partial charge on any atom is 0.243 e. The summed E-state index contributed by atoms with van der Waals surface area (Å²) < 4.78 is 14.7. The molecule has 2 heterocycles. The molecule has 0 spiro atoms. The number of rotatable bonds is 16. The predicted molar refractivity (Wildman–Crippen MR) is 197 cm³/mol. The van der Waals surface area contributed by atoms with E-state index < -0.39 is 12.2 Å². The summed E-state index contributed by atoms with van der Waals surface area (Å²) in [4.78, 5) is 23.7. The first kappa shape index (κ1) is 37.6. The van der Waals surface area contributed by atoms with E-state index >= 15 is 0 Å². The minimum atomic E-state index is -0.647. The van der Waals surface area contributed by atoms with Crippen LogP contribution in [0.3, 0.4) is 0 Å². The molecule has 5 N–H and O–H groups in total. The maximum atomic E-state index is 12.5. The summed E-state index contributed by atoms with van der Waals surface area (Å²) in [6, 6.07) is 30.4. The van der Waals surface area contributed by atoms with Crippen molar-refractivity contribution in [3.05, 3.63) is 119 Å². The van der Waals surface area contributed by atoms with Gasteiger partial charge in [-0.2, -0.15) is 4.68 Å². The number of aromatic nitrogens is 4. The molecule has 5 aromatic rings. The molecule has 4 aromatic carbocycles. The highest BCUT2D eigenvalue weighted by Gasteiger charge is 2.33. The number of ether oxygens (including phenoxy) is 2. The summed E-state index contributed by atoms with van der Waals surface area (Å²) in [7, 11) is 0. The molecule has 1 saturated heterocycles. The van der Waals surface area contributed by atoms with Crippen molar-refractivity contribution in [2.24, 2.45) is 0 Å². The molecule has 53 heavy (non-hydrogen) atoms. The van der Waals surface area contributed by atoms with Gasteiger partial charge in [-0.05, 0) is 75.4 Å². The number of hydrogen-bond donors (Lipinski definition) is 5. The van der Waals surface area contributed by atoms with Gasteiger partial charge in [0.15, 0.2) is 6.29 Å². The zero-order chi connectivity index (χ0) is 37.0. The van der Waals surface area contributed by atoms with Crippen LogP contribution in [0.15, 0.2) is 102 Å². The summed E-state index contributed by atoms with van der Waals surface area (Å²) in [5.41, 5.74) is 7.99. The smallest absolute Gasteiger partial charge is 0.243 e. The average molecular weight is 739 g/mol. The molecule has 0 saturated carbocycles. The molecule has 14 heteroatoms. The Kier molecular flexibility index (Phi) is 13.2. The van der Waals surface area contributed by atoms with E-state index in [4.69, 9.17) is 14.7 Å². The number of phenols is 1. The summed E-state index contributed by atoms with van der Waals surface area (Å²) in [5, 5.41) is 43.7. The topological polar surface area (TPSA) is 181 Å². The Morgan fingerprint density at radius 1 is 0.849 bits per heavy atom. The number of tetrazole rings is 1. The van der Waals surface area contributed by atoms with E-state index in [1.807, 2.05) is 72.8 Å². The lowest BCUT2D eigenvalue weighted by Crippen LogP contribution is -2.31. The number of benzene rings is 4. The normalized spacial score (nSPS) is 17.0. The molecule has 1 aliphatic heterocycles. The lowest BCUT2D eigenvalue weighted by molar-refractivity contribution is -0.245. The summed E-state index contributed by atoms with van der Waals surface area (Å²) in [6.07, 6.45) is 2.06. The maximum absolute atomic E-state index is 12.5. The van der Waals surface area contributed by atoms with E-state index in [1.165, 1.54) is 11.8 Å². The van der Waals surface area contributed by atoms with Gasteiger partial charge >= 0.3 is 0 Å². The third-order valence-electron chi connectivity index (χ3n) is 8.97. The van der Waals surface area contributed by atoms with Crippen LogP contribution in [0.4, 0.5) is 0 Å². The molecule has 0 bridgehead atoms. The van der Waals surface area contributed by atoms with Crippen molar-refractivity contribution in [3.8, 4) is 22.6 Å². The Labute approximate surface area is 311 Å². The van der Waals surface area contributed by atoms with Crippen LogP contribution in [0.1, 0.15) is 73.2 Å². The number of aromatic hydroxyl groups is 1. The second kappa shape index (κ2) is 18.6. The number of unbranched alkanes of at least 4 members (excludes halogenated alkanes) is 2. The zero-order valence-corrected chi connectivity index (χ0v) is 29.8. The van der Waals surface area contributed by atoms with Crippen molar-refractivity contribution in [1.29, 1.82) is 0 Å². The first-order chi connectivity index (χ1) is 25.9. The van der Waals surface area contributed by atoms with Gasteiger partial charge in [-0.1, -0.05) is 91.0 Å². The van der Waals surface area contributed by atoms with Crippen molar-refractivity contribution < 1.29 is 34.5 Å². The van der Waals surface area contributed by atoms with Crippen LogP contribution in [-0.2, 0) is 32.2 Å². The quantitative estimate of drug-likeness (QED) is 0.0350. The van der Waals surface area contributed by atoms with Crippen molar-refractivity contribution in [1.82, 2.24) is 31.0 Å². The molecule has 13 nitrogen and oxygen atoms in total. The first-order valence-corrected chi connectivity index (χ1v) is 18.5. The summed E-state index contributed by atoms with van der Waals surface area (Å²) in [5.74, 6) is 0.237. The molecule has 3 atom stereocenters. The molecular weight excluding hydrogens is 697 g/mol. The molecule has 1 fully saturated rings. The second-order valence-electron chi connectivity index (χ2n) is 12.7. The monoisotopic (exact) mass is 738 g/mol. The van der Waals surface area contributed by atoms with E-state index in [0.717, 1.165) is 45.5 Å². The molecular formula is C39H42N6O7S. The van der Waals surface area contributed by atoms with E-state index in [9.17, 15) is 19.8 Å². The number of thioether (sulfide) groups is 1. The molecule has 6 rings (SSSR count). The standard InChI is InChI=1S/C39H42N6O7S/c46-24-26-10-12-28(13-11-26)35-22-33(25-53-39-41-43-44-45(39)31-18-20-32(47)21-19-31)51-38(52-35)29-16-14-27(15-17-29)34-7-5-4-6-30(34)23-40-36(48)8-2-1-3-9-37(49)42-50/h4-7,10-21,33,35,38,46-47,50H,1-3,8-9,22-25H2,(H,40,48)(H,42,49)/t33-,35+,38+/m1/s1.